The van der Waals surface area contributed by atoms with Gasteiger partial charge in [-0.05, 0) is 13.8 Å². The van der Waals surface area contributed by atoms with Gasteiger partial charge in [-0.2, -0.15) is 0 Å². The molecule has 1 aromatic rings. The first-order valence-corrected chi connectivity index (χ1v) is 9.19. The number of carbonyl (C=O) groups excluding carboxylic acids is 1. The summed E-state index contributed by atoms with van der Waals surface area (Å²) in [5, 5.41) is 22.4. The van der Waals surface area contributed by atoms with Crippen molar-refractivity contribution in [1.82, 2.24) is 14.6 Å². The SMILES string of the molecule is C[C@@H](C=O)NP(=O)(O)OC[C@@]1(F)O[C@@H](n2ccc(=O)[nH]c2=O)[C@](C)(O)[C@@H]1O. The molecular formula is C13H19FN3O9P. The third kappa shape index (κ3) is 4.41. The Kier molecular flexibility index (Phi) is 5.88. The summed E-state index contributed by atoms with van der Waals surface area (Å²) in [6.07, 6.45) is -2.85. The summed E-state index contributed by atoms with van der Waals surface area (Å²) in [5.41, 5.74) is -4.16. The monoisotopic (exact) mass is 411 g/mol. The van der Waals surface area contributed by atoms with Crippen LogP contribution in [-0.4, -0.2) is 61.2 Å². The van der Waals surface area contributed by atoms with Crippen LogP contribution < -0.4 is 16.3 Å². The van der Waals surface area contributed by atoms with Gasteiger partial charge in [0.2, 0.25) is 0 Å². The summed E-state index contributed by atoms with van der Waals surface area (Å²) in [7, 11) is -4.65. The number of aldehydes is 1. The lowest BCUT2D eigenvalue weighted by molar-refractivity contribution is -0.204. The van der Waals surface area contributed by atoms with Crippen LogP contribution in [0.3, 0.4) is 0 Å². The normalized spacial score (nSPS) is 34.1. The van der Waals surface area contributed by atoms with Crippen LogP contribution in [0.15, 0.2) is 21.9 Å². The Hall–Kier alpha value is -1.73. The number of rotatable bonds is 7. The largest absolute Gasteiger partial charge is 0.403 e. The number of carbonyl (C=O) groups is 1. The zero-order chi connectivity index (χ0) is 20.6. The standard InChI is InChI=1S/C13H19FN3O9P/c1-7(5-18)16-27(23,24)25-6-13(14)9(20)12(2,22)10(26-13)17-4-3-8(19)15-11(17)21/h3-5,7,9-10,20,22H,6H2,1-2H3,(H,15,19,21)(H2,16,23,24)/t7-,9-,10+,12+,13+/m0/s1. The Balaban J connectivity index is 2.25. The number of alkyl halides is 1. The molecular weight excluding hydrogens is 392 g/mol. The molecule has 1 aliphatic heterocycles. The van der Waals surface area contributed by atoms with E-state index in [1.165, 1.54) is 6.92 Å². The van der Waals surface area contributed by atoms with Gasteiger partial charge >= 0.3 is 13.4 Å². The maximum Gasteiger partial charge on any atom is 0.403 e. The second kappa shape index (κ2) is 7.36. The van der Waals surface area contributed by atoms with Gasteiger partial charge in [-0.3, -0.25) is 18.9 Å². The first-order chi connectivity index (χ1) is 12.3. The minimum Gasteiger partial charge on any atom is -0.384 e. The molecule has 1 unspecified atom stereocenters. The second-order valence-corrected chi connectivity index (χ2v) is 7.81. The summed E-state index contributed by atoms with van der Waals surface area (Å²) in [6.45, 7) is 0.895. The number of hydrogen-bond acceptors (Lipinski definition) is 8. The van der Waals surface area contributed by atoms with Crippen molar-refractivity contribution in [3.05, 3.63) is 33.1 Å². The molecule has 0 bridgehead atoms. The first-order valence-electron chi connectivity index (χ1n) is 7.61. The number of aromatic amines is 1. The van der Waals surface area contributed by atoms with Crippen LogP contribution in [0.4, 0.5) is 4.39 Å². The van der Waals surface area contributed by atoms with E-state index >= 15 is 4.39 Å². The zero-order valence-corrected chi connectivity index (χ0v) is 15.1. The number of nitrogens with zero attached hydrogens (tertiary/aromatic N) is 1. The number of ether oxygens (including phenoxy) is 1. The molecule has 0 amide bonds. The van der Waals surface area contributed by atoms with Gasteiger partial charge in [-0.25, -0.2) is 18.8 Å². The number of H-pyrrole nitrogens is 1. The number of aromatic nitrogens is 2. The van der Waals surface area contributed by atoms with E-state index in [1.54, 1.807) is 0 Å². The molecule has 0 radical (unpaired) electrons. The Morgan fingerprint density at radius 2 is 2.22 bits per heavy atom. The highest BCUT2D eigenvalue weighted by Crippen LogP contribution is 2.47. The van der Waals surface area contributed by atoms with Crippen molar-refractivity contribution in [1.29, 1.82) is 0 Å². The molecule has 27 heavy (non-hydrogen) atoms. The molecule has 14 heteroatoms. The van der Waals surface area contributed by atoms with Crippen molar-refractivity contribution in [3.8, 4) is 0 Å². The lowest BCUT2D eigenvalue weighted by atomic mass is 9.95. The zero-order valence-electron chi connectivity index (χ0n) is 14.2. The number of hydrogen-bond donors (Lipinski definition) is 5. The number of halogens is 1. The van der Waals surface area contributed by atoms with Crippen LogP contribution in [0, 0.1) is 0 Å². The Bertz CT molecular complexity index is 871. The van der Waals surface area contributed by atoms with E-state index in [1.807, 2.05) is 10.1 Å². The number of aliphatic hydroxyl groups excluding tert-OH is 1. The molecule has 0 saturated carbocycles. The molecule has 6 atom stereocenters. The van der Waals surface area contributed by atoms with E-state index in [0.29, 0.717) is 10.9 Å². The lowest BCUT2D eigenvalue weighted by Gasteiger charge is -2.27. The smallest absolute Gasteiger partial charge is 0.384 e. The van der Waals surface area contributed by atoms with Crippen LogP contribution >= 0.6 is 7.75 Å². The molecule has 1 fully saturated rings. The topological polar surface area (TPSA) is 180 Å². The van der Waals surface area contributed by atoms with Crippen LogP contribution in [0.1, 0.15) is 20.1 Å². The fraction of sp³-hybridized carbons (Fsp3) is 0.615. The van der Waals surface area contributed by atoms with Gasteiger partial charge in [0.1, 0.15) is 24.6 Å². The maximum absolute atomic E-state index is 15.0. The molecule has 1 saturated heterocycles. The number of aliphatic hydroxyl groups is 2. The Labute approximate surface area is 151 Å². The van der Waals surface area contributed by atoms with Gasteiger partial charge in [0.25, 0.3) is 11.4 Å². The molecule has 0 aliphatic carbocycles. The lowest BCUT2D eigenvalue weighted by Crippen LogP contribution is -2.50. The highest BCUT2D eigenvalue weighted by Gasteiger charge is 2.63. The van der Waals surface area contributed by atoms with Crippen molar-refractivity contribution in [2.24, 2.45) is 0 Å². The van der Waals surface area contributed by atoms with Gasteiger partial charge in [-0.15, -0.1) is 0 Å². The Morgan fingerprint density at radius 1 is 1.59 bits per heavy atom. The van der Waals surface area contributed by atoms with Crippen molar-refractivity contribution < 1.29 is 38.1 Å². The van der Waals surface area contributed by atoms with Crippen molar-refractivity contribution >= 4 is 14.0 Å². The van der Waals surface area contributed by atoms with E-state index in [4.69, 9.17) is 4.74 Å². The van der Waals surface area contributed by atoms with Gasteiger partial charge in [0, 0.05) is 12.3 Å². The minimum atomic E-state index is -4.65. The van der Waals surface area contributed by atoms with Crippen molar-refractivity contribution in [2.75, 3.05) is 6.61 Å². The van der Waals surface area contributed by atoms with E-state index in [9.17, 15) is 34.1 Å². The summed E-state index contributed by atoms with van der Waals surface area (Å²) >= 11 is 0. The second-order valence-electron chi connectivity index (χ2n) is 6.25. The van der Waals surface area contributed by atoms with E-state index < -0.39 is 55.4 Å². The average Bonchev–Trinajstić information content (AvgIpc) is 2.74. The summed E-state index contributed by atoms with van der Waals surface area (Å²) in [6, 6.07) is -0.171. The van der Waals surface area contributed by atoms with Gasteiger partial charge in [0.05, 0.1) is 6.04 Å². The number of nitrogens with one attached hydrogen (secondary N) is 2. The Morgan fingerprint density at radius 3 is 2.78 bits per heavy atom. The van der Waals surface area contributed by atoms with E-state index in [-0.39, 0.29) is 0 Å². The van der Waals surface area contributed by atoms with Crippen molar-refractivity contribution in [3.63, 3.8) is 0 Å². The van der Waals surface area contributed by atoms with Crippen LogP contribution in [-0.2, 0) is 18.6 Å². The summed E-state index contributed by atoms with van der Waals surface area (Å²) in [5.74, 6) is -3.19. The molecule has 0 spiro atoms. The fourth-order valence-corrected chi connectivity index (χ4v) is 3.51. The van der Waals surface area contributed by atoms with Gasteiger partial charge in [0.15, 0.2) is 6.23 Å². The molecule has 1 aromatic heterocycles. The molecule has 5 N–H and O–H groups in total. The average molecular weight is 411 g/mol. The van der Waals surface area contributed by atoms with Crippen molar-refractivity contribution in [2.45, 2.75) is 43.7 Å². The minimum absolute atomic E-state index is 0.307. The maximum atomic E-state index is 15.0. The quantitative estimate of drug-likeness (QED) is 0.252. The molecule has 152 valence electrons. The van der Waals surface area contributed by atoms with E-state index in [0.717, 1.165) is 19.2 Å². The predicted molar refractivity (Wildman–Crippen MR) is 86.4 cm³/mol. The summed E-state index contributed by atoms with van der Waals surface area (Å²) in [4.78, 5) is 45.0. The highest BCUT2D eigenvalue weighted by atomic mass is 31.2. The van der Waals surface area contributed by atoms with Gasteiger partial charge in [-0.1, -0.05) is 0 Å². The van der Waals surface area contributed by atoms with Crippen LogP contribution in [0.25, 0.3) is 0 Å². The molecule has 0 aromatic carbocycles. The van der Waals surface area contributed by atoms with Crippen LogP contribution in [0.5, 0.6) is 0 Å². The molecule has 1 aliphatic rings. The fourth-order valence-electron chi connectivity index (χ4n) is 2.50. The highest BCUT2D eigenvalue weighted by molar-refractivity contribution is 7.50. The third-order valence-corrected chi connectivity index (χ3v) is 5.09. The summed E-state index contributed by atoms with van der Waals surface area (Å²) < 4.78 is 36.9. The third-order valence-electron chi connectivity index (χ3n) is 3.88. The van der Waals surface area contributed by atoms with E-state index in [2.05, 4.69) is 4.52 Å². The van der Waals surface area contributed by atoms with Gasteiger partial charge < -0.3 is 24.6 Å². The first kappa shape index (κ1) is 21.6. The molecule has 2 heterocycles. The molecule has 2 rings (SSSR count). The predicted octanol–water partition coefficient (Wildman–Crippen LogP) is -1.86. The van der Waals surface area contributed by atoms with Crippen LogP contribution in [0.2, 0.25) is 0 Å². The molecule has 12 nitrogen and oxygen atoms in total.